The van der Waals surface area contributed by atoms with Crippen LogP contribution in [0.3, 0.4) is 0 Å². The molecule has 0 aliphatic heterocycles. The van der Waals surface area contributed by atoms with Crippen LogP contribution in [0.25, 0.3) is 10.9 Å². The van der Waals surface area contributed by atoms with E-state index in [1.165, 1.54) is 58.8 Å². The number of fused-ring (bicyclic) bond motifs is 1. The second-order valence-electron chi connectivity index (χ2n) is 7.51. The van der Waals surface area contributed by atoms with Crippen molar-refractivity contribution in [1.82, 2.24) is 10.3 Å². The summed E-state index contributed by atoms with van der Waals surface area (Å²) in [6.45, 7) is 7.19. The van der Waals surface area contributed by atoms with Crippen LogP contribution in [0.5, 0.6) is 0 Å². The van der Waals surface area contributed by atoms with Gasteiger partial charge >= 0.3 is 0 Å². The van der Waals surface area contributed by atoms with E-state index in [0.29, 0.717) is 6.04 Å². The molecule has 0 amide bonds. The standard InChI is InChI=1S/C23H28N2O.C2H6.CH4O.Y/c1-16-19(21-6-2-3-7-23(21)25-16)11-13-24-22-8-4-5-18-15-17(12-14-26)9-10-20(18)22;2*1-2;/h2-3,6-7,12,14-15,22,24-26H,4-5,8-11,13H2,1H3;1-2H3;2H,1H3;/b14-12-;;;. The van der Waals surface area contributed by atoms with Gasteiger partial charge in [-0.15, -0.1) is 0 Å². The first kappa shape index (κ1) is 27.8. The Labute approximate surface area is 212 Å². The van der Waals surface area contributed by atoms with Crippen LogP contribution in [0, 0.1) is 6.92 Å². The first-order valence-electron chi connectivity index (χ1n) is 11.2. The zero-order chi connectivity index (χ0) is 21.9. The van der Waals surface area contributed by atoms with Crippen LogP contribution in [-0.2, 0) is 39.1 Å². The van der Waals surface area contributed by atoms with Crippen molar-refractivity contribution in [3.05, 3.63) is 70.7 Å². The molecule has 167 valence electrons. The Hall–Kier alpha value is -1.20. The SMILES string of the molecule is CC.CO.Cc1[nH]c2ccccc2c1CCNC1CCCC2=C1CCC(/C=C\O)=C2.[Y]. The molecule has 5 heteroatoms. The third-order valence-electron chi connectivity index (χ3n) is 5.90. The molecule has 2 aliphatic rings. The normalized spacial score (nSPS) is 17.7. The zero-order valence-corrected chi connectivity index (χ0v) is 22.4. The molecular formula is C26H38N2O2Y. The Bertz CT molecular complexity index is 896. The summed E-state index contributed by atoms with van der Waals surface area (Å²) in [5.41, 5.74) is 8.32. The maximum absolute atomic E-state index is 9.02. The minimum absolute atomic E-state index is 0. The molecule has 1 atom stereocenters. The van der Waals surface area contributed by atoms with E-state index in [0.717, 1.165) is 32.9 Å². The van der Waals surface area contributed by atoms with Gasteiger partial charge in [-0.25, -0.2) is 0 Å². The summed E-state index contributed by atoms with van der Waals surface area (Å²) in [6, 6.07) is 9.10. The Kier molecular flexibility index (Phi) is 13.3. The fraction of sp³-hybridized carbons (Fsp3) is 0.462. The number of aliphatic hydroxyl groups excluding tert-OH is 2. The number of nitrogens with one attached hydrogen (secondary N) is 2. The minimum atomic E-state index is 0. The average Bonchev–Trinajstić information content (AvgIpc) is 3.12. The quantitative estimate of drug-likeness (QED) is 0.389. The van der Waals surface area contributed by atoms with E-state index in [4.69, 9.17) is 10.2 Å². The maximum atomic E-state index is 9.02. The number of rotatable bonds is 5. The van der Waals surface area contributed by atoms with E-state index >= 15 is 0 Å². The largest absolute Gasteiger partial charge is 0.516 e. The summed E-state index contributed by atoms with van der Waals surface area (Å²) in [5, 5.41) is 21.2. The summed E-state index contributed by atoms with van der Waals surface area (Å²) in [6.07, 6.45) is 12.2. The molecule has 1 heterocycles. The van der Waals surface area contributed by atoms with Crippen molar-refractivity contribution in [2.75, 3.05) is 13.7 Å². The number of benzene rings is 1. The van der Waals surface area contributed by atoms with Gasteiger partial charge in [0.05, 0.1) is 6.26 Å². The van der Waals surface area contributed by atoms with Gasteiger partial charge in [0.15, 0.2) is 0 Å². The molecule has 0 spiro atoms. The van der Waals surface area contributed by atoms with Crippen LogP contribution in [0.1, 0.15) is 57.2 Å². The average molecular weight is 500 g/mol. The smallest absolute Gasteiger partial charge is 0.0794 e. The van der Waals surface area contributed by atoms with Gasteiger partial charge in [0.25, 0.3) is 0 Å². The van der Waals surface area contributed by atoms with Crippen molar-refractivity contribution in [2.24, 2.45) is 0 Å². The number of para-hydroxylation sites is 1. The maximum Gasteiger partial charge on any atom is 0.0794 e. The number of H-pyrrole nitrogens is 1. The van der Waals surface area contributed by atoms with Crippen LogP contribution >= 0.6 is 0 Å². The van der Waals surface area contributed by atoms with Gasteiger partial charge in [-0.2, -0.15) is 0 Å². The molecule has 4 nitrogen and oxygen atoms in total. The molecule has 1 aromatic heterocycles. The Morgan fingerprint density at radius 2 is 1.87 bits per heavy atom. The molecular weight excluding hydrogens is 461 g/mol. The second-order valence-corrected chi connectivity index (χ2v) is 7.51. The van der Waals surface area contributed by atoms with E-state index in [1.807, 2.05) is 19.9 Å². The third kappa shape index (κ3) is 7.15. The predicted octanol–water partition coefficient (Wildman–Crippen LogP) is 5.88. The van der Waals surface area contributed by atoms with Crippen LogP contribution in [-0.4, -0.2) is 34.9 Å². The molecule has 4 N–H and O–H groups in total. The number of allylic oxidation sites excluding steroid dienone is 4. The van der Waals surface area contributed by atoms with Crippen molar-refractivity contribution < 1.29 is 42.9 Å². The fourth-order valence-corrected chi connectivity index (χ4v) is 4.61. The monoisotopic (exact) mass is 499 g/mol. The summed E-state index contributed by atoms with van der Waals surface area (Å²) in [7, 11) is 1.00. The topological polar surface area (TPSA) is 68.3 Å². The number of hydrogen-bond donors (Lipinski definition) is 4. The third-order valence-corrected chi connectivity index (χ3v) is 5.90. The van der Waals surface area contributed by atoms with E-state index < -0.39 is 0 Å². The number of aromatic nitrogens is 1. The van der Waals surface area contributed by atoms with Crippen LogP contribution in [0.2, 0.25) is 0 Å². The summed E-state index contributed by atoms with van der Waals surface area (Å²) < 4.78 is 0. The fourth-order valence-electron chi connectivity index (χ4n) is 4.61. The van der Waals surface area contributed by atoms with Gasteiger partial charge in [-0.3, -0.25) is 0 Å². The number of hydrogen-bond acceptors (Lipinski definition) is 3. The van der Waals surface area contributed by atoms with Crippen molar-refractivity contribution in [1.29, 1.82) is 0 Å². The molecule has 4 rings (SSSR count). The summed E-state index contributed by atoms with van der Waals surface area (Å²) >= 11 is 0. The molecule has 1 aromatic carbocycles. The number of aliphatic hydroxyl groups is 2. The first-order chi connectivity index (χ1) is 14.8. The van der Waals surface area contributed by atoms with Crippen molar-refractivity contribution in [2.45, 2.75) is 65.3 Å². The zero-order valence-electron chi connectivity index (χ0n) is 19.5. The van der Waals surface area contributed by atoms with E-state index in [2.05, 4.69) is 47.6 Å². The molecule has 2 aliphatic carbocycles. The molecule has 0 saturated heterocycles. The van der Waals surface area contributed by atoms with E-state index in [-0.39, 0.29) is 32.7 Å². The van der Waals surface area contributed by atoms with Gasteiger partial charge in [-0.05, 0) is 86.4 Å². The molecule has 2 aromatic rings. The molecule has 0 saturated carbocycles. The Balaban J connectivity index is 0.000000910. The number of aromatic amines is 1. The summed E-state index contributed by atoms with van der Waals surface area (Å²) in [5.74, 6) is 0. The molecule has 31 heavy (non-hydrogen) atoms. The van der Waals surface area contributed by atoms with Crippen LogP contribution in [0.4, 0.5) is 0 Å². The van der Waals surface area contributed by atoms with E-state index in [1.54, 1.807) is 5.57 Å². The predicted molar refractivity (Wildman–Crippen MR) is 128 cm³/mol. The van der Waals surface area contributed by atoms with Crippen LogP contribution in [0.15, 0.2) is 59.4 Å². The molecule has 0 fully saturated rings. The van der Waals surface area contributed by atoms with Gasteiger partial charge in [0.1, 0.15) is 0 Å². The van der Waals surface area contributed by atoms with Gasteiger partial charge in [0, 0.05) is 62.5 Å². The van der Waals surface area contributed by atoms with Crippen molar-refractivity contribution in [3.63, 3.8) is 0 Å². The van der Waals surface area contributed by atoms with Crippen LogP contribution < -0.4 is 5.32 Å². The van der Waals surface area contributed by atoms with Gasteiger partial charge in [0.2, 0.25) is 0 Å². The second kappa shape index (κ2) is 14.8. The molecule has 1 unspecified atom stereocenters. The minimum Gasteiger partial charge on any atom is -0.516 e. The molecule has 1 radical (unpaired) electrons. The first-order valence-corrected chi connectivity index (χ1v) is 11.2. The Morgan fingerprint density at radius 1 is 1.13 bits per heavy atom. The Morgan fingerprint density at radius 3 is 2.61 bits per heavy atom. The van der Waals surface area contributed by atoms with Crippen molar-refractivity contribution >= 4 is 10.9 Å². The van der Waals surface area contributed by atoms with Gasteiger partial charge in [-0.1, -0.05) is 38.1 Å². The molecule has 0 bridgehead atoms. The summed E-state index contributed by atoms with van der Waals surface area (Å²) in [4.78, 5) is 3.51. The number of aryl methyl sites for hydroxylation is 1. The van der Waals surface area contributed by atoms with E-state index in [9.17, 15) is 0 Å². The van der Waals surface area contributed by atoms with Crippen molar-refractivity contribution in [3.8, 4) is 0 Å². The van der Waals surface area contributed by atoms with Gasteiger partial charge < -0.3 is 20.5 Å².